The summed E-state index contributed by atoms with van der Waals surface area (Å²) in [5.74, 6) is -2.77. The molecule has 0 saturated heterocycles. The summed E-state index contributed by atoms with van der Waals surface area (Å²) in [5, 5.41) is 7.48. The van der Waals surface area contributed by atoms with E-state index in [-0.39, 0.29) is 17.5 Å². The van der Waals surface area contributed by atoms with Crippen molar-refractivity contribution in [2.45, 2.75) is 115 Å². The number of esters is 1. The average Bonchev–Trinajstić information content (AvgIpc) is 3.06. The molecule has 270 valence electrons. The molecule has 1 aliphatic rings. The van der Waals surface area contributed by atoms with Gasteiger partial charge in [0.2, 0.25) is 17.5 Å². The molecule has 4 atom stereocenters. The molecule has 0 spiro atoms. The Bertz CT molecular complexity index is 1490. The minimum absolute atomic E-state index is 0.0612. The average molecular weight is 760 g/mol. The molecule has 3 amide bonds. The fraction of sp³-hybridized carbons (Fsp3) is 0.543. The SMILES string of the molecule is COC(=O)[C@](C)(N(C(=O)CCCCC(C)N)C(=O)[C@H](C)Nc1ccc(Cl)c(Cl)c1)N(C(=O)[C@H](C)Nc1ccc(Cl)c(Cl)c1)C1CCCCC1. The van der Waals surface area contributed by atoms with Gasteiger partial charge < -0.3 is 26.0 Å². The van der Waals surface area contributed by atoms with Crippen LogP contribution in [0.25, 0.3) is 0 Å². The number of benzene rings is 2. The van der Waals surface area contributed by atoms with E-state index in [2.05, 4.69) is 10.6 Å². The minimum Gasteiger partial charge on any atom is -0.466 e. The van der Waals surface area contributed by atoms with Gasteiger partial charge in [-0.1, -0.05) is 72.1 Å². The second-order valence-corrected chi connectivity index (χ2v) is 14.4. The Labute approximate surface area is 309 Å². The van der Waals surface area contributed by atoms with Crippen LogP contribution in [0.15, 0.2) is 36.4 Å². The number of nitrogens with one attached hydrogen (secondary N) is 2. The zero-order valence-electron chi connectivity index (χ0n) is 28.7. The lowest BCUT2D eigenvalue weighted by molar-refractivity contribution is -0.189. The Morgan fingerprint density at radius 3 is 1.82 bits per heavy atom. The fourth-order valence-corrected chi connectivity index (χ4v) is 6.81. The van der Waals surface area contributed by atoms with Crippen LogP contribution in [0.4, 0.5) is 11.4 Å². The summed E-state index contributed by atoms with van der Waals surface area (Å²) in [7, 11) is 1.18. The number of nitrogens with zero attached hydrogens (tertiary/aromatic N) is 2. The first-order chi connectivity index (χ1) is 23.1. The summed E-state index contributed by atoms with van der Waals surface area (Å²) in [4.78, 5) is 60.0. The fourth-order valence-electron chi connectivity index (χ4n) is 6.21. The van der Waals surface area contributed by atoms with E-state index in [1.165, 1.54) is 18.9 Å². The number of rotatable bonds is 15. The van der Waals surface area contributed by atoms with Crippen molar-refractivity contribution in [2.24, 2.45) is 5.73 Å². The van der Waals surface area contributed by atoms with Crippen LogP contribution in [0.3, 0.4) is 0 Å². The van der Waals surface area contributed by atoms with E-state index in [9.17, 15) is 19.2 Å². The van der Waals surface area contributed by atoms with Gasteiger partial charge in [-0.15, -0.1) is 0 Å². The van der Waals surface area contributed by atoms with Crippen LogP contribution in [0.2, 0.25) is 20.1 Å². The van der Waals surface area contributed by atoms with E-state index in [1.54, 1.807) is 50.2 Å². The maximum atomic E-state index is 14.7. The molecule has 0 radical (unpaired) electrons. The van der Waals surface area contributed by atoms with Gasteiger partial charge >= 0.3 is 5.97 Å². The Hall–Kier alpha value is -2.76. The first kappa shape index (κ1) is 40.7. The van der Waals surface area contributed by atoms with Crippen LogP contribution in [0, 0.1) is 0 Å². The van der Waals surface area contributed by atoms with Crippen molar-refractivity contribution in [3.05, 3.63) is 56.5 Å². The number of nitrogens with two attached hydrogens (primary N) is 1. The van der Waals surface area contributed by atoms with Crippen molar-refractivity contribution in [3.8, 4) is 0 Å². The monoisotopic (exact) mass is 757 g/mol. The number of unbranched alkanes of at least 4 members (excludes halogenated alkanes) is 1. The van der Waals surface area contributed by atoms with Crippen molar-refractivity contribution in [1.29, 1.82) is 0 Å². The molecular weight excluding hydrogens is 712 g/mol. The molecule has 2 aromatic rings. The number of ether oxygens (including phenoxy) is 1. The highest BCUT2D eigenvalue weighted by Gasteiger charge is 2.56. The van der Waals surface area contributed by atoms with Crippen molar-refractivity contribution in [1.82, 2.24) is 9.80 Å². The van der Waals surface area contributed by atoms with Gasteiger partial charge in [0.05, 0.1) is 27.2 Å². The lowest BCUT2D eigenvalue weighted by atomic mass is 9.90. The van der Waals surface area contributed by atoms with Crippen LogP contribution >= 0.6 is 46.4 Å². The van der Waals surface area contributed by atoms with Gasteiger partial charge in [-0.25, -0.2) is 9.69 Å². The van der Waals surface area contributed by atoms with Crippen LogP contribution in [0.5, 0.6) is 0 Å². The summed E-state index contributed by atoms with van der Waals surface area (Å²) in [6.07, 6.45) is 5.36. The van der Waals surface area contributed by atoms with Crippen LogP contribution < -0.4 is 16.4 Å². The third-order valence-corrected chi connectivity index (χ3v) is 10.2. The van der Waals surface area contributed by atoms with Gasteiger partial charge in [-0.3, -0.25) is 14.4 Å². The number of hydrogen-bond acceptors (Lipinski definition) is 8. The number of methoxy groups -OCH3 is 1. The van der Waals surface area contributed by atoms with Crippen molar-refractivity contribution in [2.75, 3.05) is 17.7 Å². The lowest BCUT2D eigenvalue weighted by Gasteiger charge is -2.50. The zero-order chi connectivity index (χ0) is 36.5. The highest BCUT2D eigenvalue weighted by molar-refractivity contribution is 6.42. The highest BCUT2D eigenvalue weighted by Crippen LogP contribution is 2.35. The molecule has 0 bridgehead atoms. The minimum atomic E-state index is -2.15. The smallest absolute Gasteiger partial charge is 0.353 e. The van der Waals surface area contributed by atoms with Gasteiger partial charge in [-0.05, 0) is 89.8 Å². The summed E-state index contributed by atoms with van der Waals surface area (Å²) >= 11 is 24.7. The van der Waals surface area contributed by atoms with E-state index in [1.807, 2.05) is 6.92 Å². The van der Waals surface area contributed by atoms with E-state index in [0.717, 1.165) is 24.2 Å². The Balaban J connectivity index is 2.13. The van der Waals surface area contributed by atoms with Gasteiger partial charge in [-0.2, -0.15) is 0 Å². The second kappa shape index (κ2) is 18.5. The van der Waals surface area contributed by atoms with Gasteiger partial charge in [0.25, 0.3) is 5.91 Å². The Kier molecular flexibility index (Phi) is 15.3. The molecule has 2 aromatic carbocycles. The normalized spacial score (nSPS) is 16.4. The predicted molar refractivity (Wildman–Crippen MR) is 197 cm³/mol. The number of carbonyl (C=O) groups is 4. The number of anilines is 2. The van der Waals surface area contributed by atoms with Gasteiger partial charge in [0.15, 0.2) is 0 Å². The van der Waals surface area contributed by atoms with Gasteiger partial charge in [0, 0.05) is 29.9 Å². The molecule has 1 fully saturated rings. The standard InChI is InChI=1S/C35H47Cl4N5O5/c1-21(40)11-9-10-14-31(45)44(33(47)23(3)42-25-16-18-28(37)30(39)20-25)35(4,34(48)49-5)43(26-12-7-6-8-13-26)32(46)22(2)41-24-15-17-27(36)29(38)19-24/h15-23,26,41-42H,6-14,40H2,1-5H3/t21?,22-,23-,35-/m0/s1. The van der Waals surface area contributed by atoms with E-state index in [0.29, 0.717) is 58.5 Å². The van der Waals surface area contributed by atoms with Gasteiger partial charge in [0.1, 0.15) is 12.1 Å². The lowest BCUT2D eigenvalue weighted by Crippen LogP contribution is -2.73. The topological polar surface area (TPSA) is 134 Å². The first-order valence-corrected chi connectivity index (χ1v) is 18.1. The third-order valence-electron chi connectivity index (χ3n) is 8.77. The van der Waals surface area contributed by atoms with Crippen LogP contribution in [0.1, 0.15) is 85.5 Å². The predicted octanol–water partition coefficient (Wildman–Crippen LogP) is 7.91. The summed E-state index contributed by atoms with van der Waals surface area (Å²) < 4.78 is 5.33. The number of halogens is 4. The summed E-state index contributed by atoms with van der Waals surface area (Å²) in [6.45, 7) is 6.51. The van der Waals surface area contributed by atoms with E-state index < -0.39 is 47.5 Å². The maximum absolute atomic E-state index is 14.7. The molecule has 3 rings (SSSR count). The quantitative estimate of drug-likeness (QED) is 0.0948. The highest BCUT2D eigenvalue weighted by atomic mass is 35.5. The molecular formula is C35H47Cl4N5O5. The second-order valence-electron chi connectivity index (χ2n) is 12.8. The first-order valence-electron chi connectivity index (χ1n) is 16.6. The third kappa shape index (κ3) is 10.4. The Morgan fingerprint density at radius 1 is 0.837 bits per heavy atom. The van der Waals surface area contributed by atoms with Crippen molar-refractivity contribution < 1.29 is 23.9 Å². The molecule has 49 heavy (non-hydrogen) atoms. The molecule has 0 heterocycles. The number of hydrogen-bond donors (Lipinski definition) is 3. The molecule has 1 unspecified atom stereocenters. The van der Waals surface area contributed by atoms with Crippen molar-refractivity contribution in [3.63, 3.8) is 0 Å². The zero-order valence-corrected chi connectivity index (χ0v) is 31.7. The van der Waals surface area contributed by atoms with E-state index in [4.69, 9.17) is 56.9 Å². The van der Waals surface area contributed by atoms with Crippen molar-refractivity contribution >= 4 is 81.5 Å². The molecule has 1 saturated carbocycles. The molecule has 1 aliphatic carbocycles. The maximum Gasteiger partial charge on any atom is 0.353 e. The molecule has 4 N–H and O–H groups in total. The number of carbonyl (C=O) groups excluding carboxylic acids is 4. The summed E-state index contributed by atoms with van der Waals surface area (Å²) in [6, 6.07) is 7.18. The molecule has 14 heteroatoms. The van der Waals surface area contributed by atoms with Crippen LogP contribution in [-0.2, 0) is 23.9 Å². The number of imide groups is 1. The summed E-state index contributed by atoms with van der Waals surface area (Å²) in [5.41, 5.74) is 4.78. The van der Waals surface area contributed by atoms with E-state index >= 15 is 0 Å². The molecule has 0 aliphatic heterocycles. The largest absolute Gasteiger partial charge is 0.466 e. The Morgan fingerprint density at radius 2 is 1.35 bits per heavy atom. The number of amides is 3. The van der Waals surface area contributed by atoms with Crippen LogP contribution in [-0.4, -0.2) is 70.4 Å². The molecule has 0 aromatic heterocycles. The molecule has 10 nitrogen and oxygen atoms in total.